The second kappa shape index (κ2) is 5.33. The van der Waals surface area contributed by atoms with Crippen molar-refractivity contribution in [2.45, 2.75) is 25.8 Å². The highest BCUT2D eigenvalue weighted by molar-refractivity contribution is 6.36. The van der Waals surface area contributed by atoms with Crippen molar-refractivity contribution < 1.29 is 9.50 Å². The molecule has 1 aromatic carbocycles. The molecule has 0 spiro atoms. The van der Waals surface area contributed by atoms with E-state index in [1.165, 1.54) is 12.1 Å². The molecule has 2 rings (SSSR count). The number of aliphatic hydroxyl groups excluding tert-OH is 1. The summed E-state index contributed by atoms with van der Waals surface area (Å²) in [5.41, 5.74) is 0.577. The van der Waals surface area contributed by atoms with Crippen LogP contribution in [0.5, 0.6) is 0 Å². The maximum absolute atomic E-state index is 13.4. The maximum atomic E-state index is 13.4. The van der Waals surface area contributed by atoms with Crippen molar-refractivity contribution in [3.8, 4) is 0 Å². The van der Waals surface area contributed by atoms with E-state index in [0.29, 0.717) is 17.1 Å². The van der Waals surface area contributed by atoms with Crippen LogP contribution < -0.4 is 5.32 Å². The van der Waals surface area contributed by atoms with Crippen molar-refractivity contribution in [1.29, 1.82) is 0 Å². The Balaban J connectivity index is 2.09. The number of hydrogen-bond acceptors (Lipinski definition) is 2. The molecule has 1 atom stereocenters. The van der Waals surface area contributed by atoms with Crippen molar-refractivity contribution in [1.82, 2.24) is 5.32 Å². The van der Waals surface area contributed by atoms with E-state index in [0.717, 1.165) is 12.8 Å². The summed E-state index contributed by atoms with van der Waals surface area (Å²) in [4.78, 5) is 0. The largest absolute Gasteiger partial charge is 0.396 e. The molecule has 0 bridgehead atoms. The molecular formula is C13H16Cl2FNO. The summed E-state index contributed by atoms with van der Waals surface area (Å²) in [5.74, 6) is -0.465. The Labute approximate surface area is 116 Å². The highest BCUT2D eigenvalue weighted by Crippen LogP contribution is 2.45. The summed E-state index contributed by atoms with van der Waals surface area (Å²) < 4.78 is 13.4. The third kappa shape index (κ3) is 2.80. The fraction of sp³-hybridized carbons (Fsp3) is 0.538. The summed E-state index contributed by atoms with van der Waals surface area (Å²) in [7, 11) is 0. The highest BCUT2D eigenvalue weighted by atomic mass is 35.5. The monoisotopic (exact) mass is 291 g/mol. The van der Waals surface area contributed by atoms with Gasteiger partial charge < -0.3 is 10.4 Å². The van der Waals surface area contributed by atoms with Gasteiger partial charge in [0.1, 0.15) is 5.82 Å². The molecule has 1 saturated carbocycles. The summed E-state index contributed by atoms with van der Waals surface area (Å²) >= 11 is 12.0. The maximum Gasteiger partial charge on any atom is 0.142 e. The third-order valence-corrected chi connectivity index (χ3v) is 4.30. The van der Waals surface area contributed by atoms with E-state index in [1.807, 2.05) is 6.92 Å². The smallest absolute Gasteiger partial charge is 0.142 e. The van der Waals surface area contributed by atoms with Crippen LogP contribution in [0.4, 0.5) is 4.39 Å². The summed E-state index contributed by atoms with van der Waals surface area (Å²) in [5, 5.41) is 13.0. The number of rotatable bonds is 5. The topological polar surface area (TPSA) is 32.3 Å². The van der Waals surface area contributed by atoms with Gasteiger partial charge in [0.25, 0.3) is 0 Å². The molecule has 0 radical (unpaired) electrons. The summed E-state index contributed by atoms with van der Waals surface area (Å²) in [6.45, 7) is 2.76. The van der Waals surface area contributed by atoms with Gasteiger partial charge in [0.2, 0.25) is 0 Å². The first-order chi connectivity index (χ1) is 8.49. The molecule has 1 aliphatic carbocycles. The van der Waals surface area contributed by atoms with E-state index >= 15 is 0 Å². The van der Waals surface area contributed by atoms with Gasteiger partial charge in [-0.25, -0.2) is 4.39 Å². The van der Waals surface area contributed by atoms with Gasteiger partial charge in [-0.05, 0) is 31.9 Å². The van der Waals surface area contributed by atoms with Crippen LogP contribution in [0.25, 0.3) is 0 Å². The number of aliphatic hydroxyl groups is 1. The van der Waals surface area contributed by atoms with E-state index in [9.17, 15) is 9.50 Å². The van der Waals surface area contributed by atoms with Gasteiger partial charge in [-0.15, -0.1) is 0 Å². The van der Waals surface area contributed by atoms with Crippen LogP contribution in [-0.2, 0) is 0 Å². The van der Waals surface area contributed by atoms with Crippen LogP contribution in [-0.4, -0.2) is 18.3 Å². The molecule has 0 aromatic heterocycles. The SMILES string of the molecule is CC(NCC1(CO)CC1)c1c(Cl)ccc(F)c1Cl. The van der Waals surface area contributed by atoms with Gasteiger partial charge in [-0.3, -0.25) is 0 Å². The van der Waals surface area contributed by atoms with Crippen LogP contribution in [0.1, 0.15) is 31.4 Å². The Hall–Kier alpha value is -0.350. The average molecular weight is 292 g/mol. The van der Waals surface area contributed by atoms with Gasteiger partial charge in [-0.2, -0.15) is 0 Å². The Morgan fingerprint density at radius 1 is 1.44 bits per heavy atom. The third-order valence-electron chi connectivity index (χ3n) is 3.59. The quantitative estimate of drug-likeness (QED) is 0.813. The van der Waals surface area contributed by atoms with Gasteiger partial charge in [0, 0.05) is 35.2 Å². The number of benzene rings is 1. The lowest BCUT2D eigenvalue weighted by Crippen LogP contribution is -2.29. The first-order valence-corrected chi connectivity index (χ1v) is 6.72. The lowest BCUT2D eigenvalue weighted by atomic mass is 10.1. The van der Waals surface area contributed by atoms with Gasteiger partial charge >= 0.3 is 0 Å². The first-order valence-electron chi connectivity index (χ1n) is 5.97. The van der Waals surface area contributed by atoms with Crippen molar-refractivity contribution in [3.63, 3.8) is 0 Å². The minimum absolute atomic E-state index is 0.000533. The van der Waals surface area contributed by atoms with E-state index in [-0.39, 0.29) is 23.1 Å². The Morgan fingerprint density at radius 3 is 2.67 bits per heavy atom. The molecule has 100 valence electrons. The molecule has 1 aromatic rings. The molecular weight excluding hydrogens is 276 g/mol. The van der Waals surface area contributed by atoms with Gasteiger partial charge in [0.15, 0.2) is 0 Å². The molecule has 0 heterocycles. The predicted molar refractivity (Wildman–Crippen MR) is 71.6 cm³/mol. The lowest BCUT2D eigenvalue weighted by molar-refractivity contribution is 0.204. The minimum Gasteiger partial charge on any atom is -0.396 e. The molecule has 0 aliphatic heterocycles. The predicted octanol–water partition coefficient (Wildman–Crippen LogP) is 3.56. The van der Waals surface area contributed by atoms with Crippen LogP contribution in [0.2, 0.25) is 10.0 Å². The highest BCUT2D eigenvalue weighted by Gasteiger charge is 2.41. The second-order valence-corrected chi connectivity index (χ2v) is 5.80. The molecule has 5 heteroatoms. The first kappa shape index (κ1) is 14.1. The van der Waals surface area contributed by atoms with Crippen LogP contribution in [0.15, 0.2) is 12.1 Å². The van der Waals surface area contributed by atoms with E-state index in [2.05, 4.69) is 5.32 Å². The molecule has 1 fully saturated rings. The van der Waals surface area contributed by atoms with Crippen LogP contribution in [0, 0.1) is 11.2 Å². The van der Waals surface area contributed by atoms with Crippen LogP contribution in [0.3, 0.4) is 0 Å². The normalized spacial score (nSPS) is 18.7. The standard InChI is InChI=1S/C13H16Cl2FNO/c1-8(17-6-13(7-18)4-5-13)11-9(14)2-3-10(16)12(11)15/h2-3,8,17-18H,4-7H2,1H3. The van der Waals surface area contributed by atoms with Gasteiger partial charge in [-0.1, -0.05) is 23.2 Å². The van der Waals surface area contributed by atoms with Crippen LogP contribution >= 0.6 is 23.2 Å². The Morgan fingerprint density at radius 2 is 2.11 bits per heavy atom. The zero-order valence-electron chi connectivity index (χ0n) is 10.1. The second-order valence-electron chi connectivity index (χ2n) is 5.02. The van der Waals surface area contributed by atoms with Gasteiger partial charge in [0.05, 0.1) is 5.02 Å². The molecule has 1 unspecified atom stereocenters. The fourth-order valence-electron chi connectivity index (χ4n) is 1.98. The molecule has 1 aliphatic rings. The number of hydrogen-bond donors (Lipinski definition) is 2. The number of halogens is 3. The minimum atomic E-state index is -0.465. The molecule has 2 N–H and O–H groups in total. The Kier molecular flexibility index (Phi) is 4.17. The molecule has 0 amide bonds. The average Bonchev–Trinajstić information content (AvgIpc) is 3.13. The van der Waals surface area contributed by atoms with E-state index < -0.39 is 5.82 Å². The van der Waals surface area contributed by atoms with Crippen molar-refractivity contribution in [2.75, 3.05) is 13.2 Å². The molecule has 2 nitrogen and oxygen atoms in total. The zero-order valence-corrected chi connectivity index (χ0v) is 11.7. The summed E-state index contributed by atoms with van der Waals surface area (Å²) in [6.07, 6.45) is 2.04. The molecule has 18 heavy (non-hydrogen) atoms. The fourth-order valence-corrected chi connectivity index (χ4v) is 2.68. The van der Waals surface area contributed by atoms with Crippen molar-refractivity contribution in [2.24, 2.45) is 5.41 Å². The number of nitrogens with one attached hydrogen (secondary N) is 1. The van der Waals surface area contributed by atoms with E-state index in [4.69, 9.17) is 23.2 Å². The Bertz CT molecular complexity index is 449. The summed E-state index contributed by atoms with van der Waals surface area (Å²) in [6, 6.07) is 2.62. The molecule has 0 saturated heterocycles. The zero-order chi connectivity index (χ0) is 13.3. The lowest BCUT2D eigenvalue weighted by Gasteiger charge is -2.20. The van der Waals surface area contributed by atoms with Crippen molar-refractivity contribution in [3.05, 3.63) is 33.6 Å². The van der Waals surface area contributed by atoms with Crippen molar-refractivity contribution >= 4 is 23.2 Å². The van der Waals surface area contributed by atoms with E-state index in [1.54, 1.807) is 0 Å².